The van der Waals surface area contributed by atoms with E-state index in [1.54, 1.807) is 11.3 Å². The highest BCUT2D eigenvalue weighted by atomic mass is 32.2. The molecule has 0 radical (unpaired) electrons. The zero-order valence-electron chi connectivity index (χ0n) is 18.2. The summed E-state index contributed by atoms with van der Waals surface area (Å²) < 4.78 is 41.5. The van der Waals surface area contributed by atoms with Gasteiger partial charge in [0, 0.05) is 38.0 Å². The third kappa shape index (κ3) is 4.54. The fraction of sp³-hybridized carbons (Fsp3) is 0.417. The minimum Gasteiger partial charge on any atom is -0.342 e. The maximum absolute atomic E-state index is 13.3. The van der Waals surface area contributed by atoms with Crippen LogP contribution in [0.4, 0.5) is 4.39 Å². The Labute approximate surface area is 197 Å². The summed E-state index contributed by atoms with van der Waals surface area (Å²) in [5.74, 6) is -0.263. The van der Waals surface area contributed by atoms with Gasteiger partial charge < -0.3 is 4.90 Å². The SMILES string of the molecule is O=C(C1CCN(S(=O)(=O)c2ccc(F)cc2)CC1)N1CCCC(c2nc3ccccc3s2)C1. The Bertz CT molecular complexity index is 1220. The van der Waals surface area contributed by atoms with E-state index < -0.39 is 15.8 Å². The van der Waals surface area contributed by atoms with Crippen LogP contribution in [0.25, 0.3) is 10.2 Å². The molecule has 9 heteroatoms. The first-order chi connectivity index (χ1) is 15.9. The summed E-state index contributed by atoms with van der Waals surface area (Å²) in [6, 6.07) is 13.0. The molecule has 3 aromatic rings. The molecule has 2 aromatic carbocycles. The average molecular weight is 488 g/mol. The molecule has 0 bridgehead atoms. The van der Waals surface area contributed by atoms with E-state index in [2.05, 4.69) is 6.07 Å². The second kappa shape index (κ2) is 9.12. The number of fused-ring (bicyclic) bond motifs is 1. The minimum atomic E-state index is -3.68. The van der Waals surface area contributed by atoms with E-state index in [4.69, 9.17) is 4.98 Å². The smallest absolute Gasteiger partial charge is 0.243 e. The van der Waals surface area contributed by atoms with Crippen molar-refractivity contribution in [2.75, 3.05) is 26.2 Å². The van der Waals surface area contributed by atoms with Crippen LogP contribution >= 0.6 is 11.3 Å². The number of nitrogens with zero attached hydrogens (tertiary/aromatic N) is 3. The Kier molecular flexibility index (Phi) is 6.20. The zero-order valence-corrected chi connectivity index (χ0v) is 19.8. The van der Waals surface area contributed by atoms with E-state index in [0.29, 0.717) is 32.5 Å². The van der Waals surface area contributed by atoms with Gasteiger partial charge in [0.15, 0.2) is 0 Å². The molecule has 0 aliphatic carbocycles. The van der Waals surface area contributed by atoms with Gasteiger partial charge in [0.1, 0.15) is 5.82 Å². The summed E-state index contributed by atoms with van der Waals surface area (Å²) in [5, 5.41) is 1.09. The van der Waals surface area contributed by atoms with Crippen molar-refractivity contribution < 1.29 is 17.6 Å². The highest BCUT2D eigenvalue weighted by Crippen LogP contribution is 2.34. The molecule has 33 heavy (non-hydrogen) atoms. The van der Waals surface area contributed by atoms with E-state index >= 15 is 0 Å². The van der Waals surface area contributed by atoms with E-state index in [-0.39, 0.29) is 22.6 Å². The van der Waals surface area contributed by atoms with Gasteiger partial charge in [0.2, 0.25) is 15.9 Å². The molecular weight excluding hydrogens is 461 g/mol. The van der Waals surface area contributed by atoms with E-state index in [0.717, 1.165) is 42.0 Å². The molecule has 0 saturated carbocycles. The molecule has 1 aromatic heterocycles. The number of thiazole rings is 1. The van der Waals surface area contributed by atoms with Gasteiger partial charge in [-0.15, -0.1) is 11.3 Å². The monoisotopic (exact) mass is 487 g/mol. The fourth-order valence-corrected chi connectivity index (χ4v) is 7.36. The summed E-state index contributed by atoms with van der Waals surface area (Å²) >= 11 is 1.71. The number of hydrogen-bond acceptors (Lipinski definition) is 5. The molecule has 2 aliphatic heterocycles. The number of benzene rings is 2. The van der Waals surface area contributed by atoms with Crippen molar-refractivity contribution in [1.29, 1.82) is 0 Å². The van der Waals surface area contributed by atoms with Crippen LogP contribution in [0.15, 0.2) is 53.4 Å². The van der Waals surface area contributed by atoms with Gasteiger partial charge in [0.25, 0.3) is 0 Å². The largest absolute Gasteiger partial charge is 0.342 e. The van der Waals surface area contributed by atoms with E-state index in [1.807, 2.05) is 23.1 Å². The van der Waals surface area contributed by atoms with Crippen LogP contribution in [0.5, 0.6) is 0 Å². The number of carbonyl (C=O) groups is 1. The Morgan fingerprint density at radius 3 is 2.45 bits per heavy atom. The maximum atomic E-state index is 13.3. The number of sulfonamides is 1. The van der Waals surface area contributed by atoms with Gasteiger partial charge in [0.05, 0.1) is 20.1 Å². The molecule has 2 fully saturated rings. The first kappa shape index (κ1) is 22.4. The second-order valence-corrected chi connectivity index (χ2v) is 11.8. The number of amides is 1. The Balaban J connectivity index is 1.22. The van der Waals surface area contributed by atoms with Gasteiger partial charge in [-0.3, -0.25) is 4.79 Å². The lowest BCUT2D eigenvalue weighted by molar-refractivity contribution is -0.138. The number of aromatic nitrogens is 1. The molecule has 1 amide bonds. The molecule has 6 nitrogen and oxygen atoms in total. The summed E-state index contributed by atoms with van der Waals surface area (Å²) in [6.07, 6.45) is 2.98. The van der Waals surface area contributed by atoms with Gasteiger partial charge in [-0.2, -0.15) is 4.31 Å². The van der Waals surface area contributed by atoms with Crippen LogP contribution in [0.2, 0.25) is 0 Å². The topological polar surface area (TPSA) is 70.6 Å². The van der Waals surface area contributed by atoms with Crippen molar-refractivity contribution in [3.63, 3.8) is 0 Å². The molecule has 0 spiro atoms. The predicted octanol–water partition coefficient (Wildman–Crippen LogP) is 4.24. The van der Waals surface area contributed by atoms with Crippen molar-refractivity contribution in [1.82, 2.24) is 14.2 Å². The molecule has 1 atom stereocenters. The third-order valence-corrected chi connectivity index (χ3v) is 9.76. The first-order valence-electron chi connectivity index (χ1n) is 11.3. The van der Waals surface area contributed by atoms with Crippen molar-refractivity contribution >= 4 is 37.5 Å². The van der Waals surface area contributed by atoms with Crippen molar-refractivity contribution in [3.8, 4) is 0 Å². The van der Waals surface area contributed by atoms with Gasteiger partial charge in [-0.25, -0.2) is 17.8 Å². The van der Waals surface area contributed by atoms with E-state index in [9.17, 15) is 17.6 Å². The third-order valence-electron chi connectivity index (χ3n) is 6.65. The zero-order chi connectivity index (χ0) is 23.0. The first-order valence-corrected chi connectivity index (χ1v) is 13.6. The normalized spacial score (nSPS) is 20.9. The summed E-state index contributed by atoms with van der Waals surface area (Å²) in [6.45, 7) is 2.01. The Hall–Kier alpha value is -2.36. The summed E-state index contributed by atoms with van der Waals surface area (Å²) in [7, 11) is -3.68. The van der Waals surface area contributed by atoms with Crippen LogP contribution in [0, 0.1) is 11.7 Å². The molecule has 0 N–H and O–H groups in total. The van der Waals surface area contributed by atoms with Crippen LogP contribution < -0.4 is 0 Å². The van der Waals surface area contributed by atoms with Crippen molar-refractivity contribution in [2.24, 2.45) is 5.92 Å². The Morgan fingerprint density at radius 1 is 1.00 bits per heavy atom. The average Bonchev–Trinajstić information content (AvgIpc) is 3.28. The van der Waals surface area contributed by atoms with Gasteiger partial charge >= 0.3 is 0 Å². The maximum Gasteiger partial charge on any atom is 0.243 e. The molecule has 174 valence electrons. The second-order valence-electron chi connectivity index (χ2n) is 8.78. The van der Waals surface area contributed by atoms with Gasteiger partial charge in [-0.1, -0.05) is 12.1 Å². The predicted molar refractivity (Wildman–Crippen MR) is 126 cm³/mol. The van der Waals surface area contributed by atoms with Crippen molar-refractivity contribution in [2.45, 2.75) is 36.5 Å². The lowest BCUT2D eigenvalue weighted by Crippen LogP contribution is -2.46. The van der Waals surface area contributed by atoms with Crippen LogP contribution in [0.3, 0.4) is 0 Å². The number of halogens is 1. The van der Waals surface area contributed by atoms with E-state index in [1.165, 1.54) is 21.1 Å². The number of carbonyl (C=O) groups excluding carboxylic acids is 1. The van der Waals surface area contributed by atoms with Gasteiger partial charge in [-0.05, 0) is 62.1 Å². The van der Waals surface area contributed by atoms with Crippen LogP contribution in [-0.2, 0) is 14.8 Å². The standard InChI is InChI=1S/C24H26FN3O3S2/c25-19-7-9-20(10-8-19)33(30,31)28-14-11-17(12-15-28)24(29)27-13-3-4-18(16-27)23-26-21-5-1-2-6-22(21)32-23/h1-2,5-10,17-18H,3-4,11-16H2. The van der Waals surface area contributed by atoms with Crippen molar-refractivity contribution in [3.05, 3.63) is 59.4 Å². The number of likely N-dealkylation sites (tertiary alicyclic amines) is 1. The number of para-hydroxylation sites is 1. The molecule has 2 saturated heterocycles. The summed E-state index contributed by atoms with van der Waals surface area (Å²) in [5.41, 5.74) is 1.01. The fourth-order valence-electron chi connectivity index (χ4n) is 4.80. The van der Waals surface area contributed by atoms with Crippen LogP contribution in [0.1, 0.15) is 36.6 Å². The molecular formula is C24H26FN3O3S2. The molecule has 1 unspecified atom stereocenters. The number of hydrogen-bond donors (Lipinski definition) is 0. The number of piperidine rings is 2. The molecule has 2 aliphatic rings. The lowest BCUT2D eigenvalue weighted by atomic mass is 9.93. The summed E-state index contributed by atoms with van der Waals surface area (Å²) in [4.78, 5) is 20.1. The highest BCUT2D eigenvalue weighted by Gasteiger charge is 2.35. The minimum absolute atomic E-state index is 0.0865. The Morgan fingerprint density at radius 2 is 1.73 bits per heavy atom. The molecule has 5 rings (SSSR count). The number of rotatable bonds is 4. The quantitative estimate of drug-likeness (QED) is 0.552. The lowest BCUT2D eigenvalue weighted by Gasteiger charge is -2.37. The molecule has 3 heterocycles. The van der Waals surface area contributed by atoms with Crippen LogP contribution in [-0.4, -0.2) is 54.7 Å². The highest BCUT2D eigenvalue weighted by molar-refractivity contribution is 7.89.